The summed E-state index contributed by atoms with van der Waals surface area (Å²) in [6.07, 6.45) is 1.12. The largest absolute Gasteiger partial charge is 0.497 e. The molecule has 3 atom stereocenters. The summed E-state index contributed by atoms with van der Waals surface area (Å²) in [6, 6.07) is 12.6. The number of amides is 2. The van der Waals surface area contributed by atoms with Crippen LogP contribution in [0.1, 0.15) is 29.8 Å². The van der Waals surface area contributed by atoms with Crippen molar-refractivity contribution in [2.45, 2.75) is 39.1 Å². The lowest BCUT2D eigenvalue weighted by Gasteiger charge is -2.38. The number of nitrogens with one attached hydrogen (secondary N) is 1. The number of fused-ring (bicyclic) bond motifs is 1. The summed E-state index contributed by atoms with van der Waals surface area (Å²) in [5, 5.41) is 23.4. The highest BCUT2D eigenvalue weighted by Gasteiger charge is 2.33. The summed E-state index contributed by atoms with van der Waals surface area (Å²) >= 11 is 0. The van der Waals surface area contributed by atoms with Crippen molar-refractivity contribution in [2.75, 3.05) is 39.2 Å². The van der Waals surface area contributed by atoms with E-state index in [2.05, 4.69) is 32.7 Å². The summed E-state index contributed by atoms with van der Waals surface area (Å²) < 4.78 is 13.0. The third-order valence-corrected chi connectivity index (χ3v) is 6.75. The average molecular weight is 538 g/mol. The van der Waals surface area contributed by atoms with Crippen molar-refractivity contribution in [3.8, 4) is 11.5 Å². The zero-order valence-corrected chi connectivity index (χ0v) is 22.6. The molecule has 0 saturated carbocycles. The van der Waals surface area contributed by atoms with Crippen LogP contribution in [0.2, 0.25) is 0 Å². The van der Waals surface area contributed by atoms with Crippen molar-refractivity contribution in [3.63, 3.8) is 0 Å². The number of carbonyl (C=O) groups excluding carboxylic acids is 2. The van der Waals surface area contributed by atoms with E-state index in [4.69, 9.17) is 9.47 Å². The van der Waals surface area contributed by atoms with Crippen LogP contribution in [-0.2, 0) is 17.9 Å². The summed E-state index contributed by atoms with van der Waals surface area (Å²) in [6.45, 7) is 5.38. The van der Waals surface area contributed by atoms with Gasteiger partial charge in [0.25, 0.3) is 5.91 Å². The first-order valence-electron chi connectivity index (χ1n) is 12.8. The molecule has 0 fully saturated rings. The molecule has 0 spiro atoms. The molecule has 39 heavy (non-hydrogen) atoms. The molecule has 1 aromatic heterocycles. The molecular weight excluding hydrogens is 502 g/mol. The second-order valence-corrected chi connectivity index (χ2v) is 9.93. The topological polar surface area (TPSA) is 135 Å². The Morgan fingerprint density at radius 3 is 2.72 bits per heavy atom. The Bertz CT molecular complexity index is 1250. The number of nitrogens with zero attached hydrogens (tertiary/aromatic N) is 6. The first kappa shape index (κ1) is 28.0. The molecule has 208 valence electrons. The van der Waals surface area contributed by atoms with E-state index >= 15 is 0 Å². The van der Waals surface area contributed by atoms with Crippen LogP contribution in [-0.4, -0.2) is 92.9 Å². The lowest BCUT2D eigenvalue weighted by atomic mass is 9.99. The summed E-state index contributed by atoms with van der Waals surface area (Å²) in [4.78, 5) is 30.0. The maximum absolute atomic E-state index is 13.6. The molecule has 12 heteroatoms. The number of aromatic nitrogens is 4. The number of methoxy groups -OCH3 is 1. The summed E-state index contributed by atoms with van der Waals surface area (Å²) in [7, 11) is 3.67. The Morgan fingerprint density at radius 2 is 2.05 bits per heavy atom. The number of benzene rings is 2. The lowest BCUT2D eigenvalue weighted by Crippen LogP contribution is -2.49. The molecule has 2 aromatic carbocycles. The fourth-order valence-corrected chi connectivity index (χ4v) is 4.53. The summed E-state index contributed by atoms with van der Waals surface area (Å²) in [5.74, 6) is 0.630. The van der Waals surface area contributed by atoms with Gasteiger partial charge in [0.05, 0.1) is 25.3 Å². The van der Waals surface area contributed by atoms with Crippen molar-refractivity contribution in [1.29, 1.82) is 0 Å². The third kappa shape index (κ3) is 7.09. The van der Waals surface area contributed by atoms with Crippen molar-refractivity contribution < 1.29 is 24.2 Å². The van der Waals surface area contributed by atoms with Gasteiger partial charge < -0.3 is 24.8 Å². The Balaban J connectivity index is 1.54. The number of carbonyl (C=O) groups is 2. The number of tetrazole rings is 1. The van der Waals surface area contributed by atoms with E-state index < -0.39 is 0 Å². The smallest absolute Gasteiger partial charge is 0.258 e. The van der Waals surface area contributed by atoms with Gasteiger partial charge in [0, 0.05) is 31.2 Å². The Kier molecular flexibility index (Phi) is 9.10. The first-order chi connectivity index (χ1) is 18.8. The van der Waals surface area contributed by atoms with E-state index in [0.717, 1.165) is 11.3 Å². The third-order valence-electron chi connectivity index (χ3n) is 6.75. The number of aliphatic hydroxyl groups is 1. The Hall–Kier alpha value is -4.03. The van der Waals surface area contributed by atoms with Crippen LogP contribution in [0.5, 0.6) is 11.5 Å². The number of hydrogen-bond acceptors (Lipinski definition) is 9. The minimum Gasteiger partial charge on any atom is -0.497 e. The van der Waals surface area contributed by atoms with Crippen molar-refractivity contribution in [2.24, 2.45) is 5.92 Å². The van der Waals surface area contributed by atoms with E-state index in [9.17, 15) is 14.7 Å². The minimum absolute atomic E-state index is 0.00918. The van der Waals surface area contributed by atoms with Gasteiger partial charge in [0.1, 0.15) is 30.5 Å². The van der Waals surface area contributed by atoms with Crippen LogP contribution in [0, 0.1) is 5.92 Å². The maximum atomic E-state index is 13.6. The molecule has 0 radical (unpaired) electrons. The molecule has 1 aliphatic rings. The lowest BCUT2D eigenvalue weighted by molar-refractivity contribution is -0.116. The molecule has 0 saturated heterocycles. The molecule has 0 bridgehead atoms. The van der Waals surface area contributed by atoms with Gasteiger partial charge in [-0.1, -0.05) is 19.1 Å². The molecule has 0 unspecified atom stereocenters. The van der Waals surface area contributed by atoms with Crippen LogP contribution in [0.25, 0.3) is 0 Å². The minimum atomic E-state index is -0.387. The molecule has 2 amide bonds. The SMILES string of the molecule is COc1ccc(CN(C)C[C@@H]2Oc3ccc(NC(=O)Cn4cnnn4)cc3C(=O)N([C@@H](C)CO)C[C@H]2C)cc1. The van der Waals surface area contributed by atoms with Gasteiger partial charge in [-0.15, -0.1) is 5.10 Å². The van der Waals surface area contributed by atoms with Gasteiger partial charge in [-0.2, -0.15) is 0 Å². The average Bonchev–Trinajstić information content (AvgIpc) is 3.43. The van der Waals surface area contributed by atoms with E-state index in [1.165, 1.54) is 11.0 Å². The molecule has 2 heterocycles. The zero-order chi connectivity index (χ0) is 27.9. The zero-order valence-electron chi connectivity index (χ0n) is 22.6. The van der Waals surface area contributed by atoms with Crippen molar-refractivity contribution in [3.05, 3.63) is 59.9 Å². The van der Waals surface area contributed by atoms with Crippen LogP contribution >= 0.6 is 0 Å². The summed E-state index contributed by atoms with van der Waals surface area (Å²) in [5.41, 5.74) is 1.91. The molecule has 1 aliphatic heterocycles. The van der Waals surface area contributed by atoms with E-state index in [1.54, 1.807) is 30.2 Å². The van der Waals surface area contributed by atoms with Gasteiger partial charge in [-0.05, 0) is 60.3 Å². The highest BCUT2D eigenvalue weighted by atomic mass is 16.5. The Morgan fingerprint density at radius 1 is 1.28 bits per heavy atom. The quantitative estimate of drug-likeness (QED) is 0.396. The second kappa shape index (κ2) is 12.7. The van der Waals surface area contributed by atoms with Gasteiger partial charge in [0.15, 0.2) is 0 Å². The monoisotopic (exact) mass is 537 g/mol. The standard InChI is InChI=1S/C27H35N7O5/c1-18-12-34(19(2)16-35)27(37)23-11-21(29-26(36)15-33-17-28-30-31-33)7-10-24(23)39-25(18)14-32(3)13-20-5-8-22(38-4)9-6-20/h5-11,17-19,25,35H,12-16H2,1-4H3,(H,29,36)/t18-,19+,25+/m1/s1. The van der Waals surface area contributed by atoms with Gasteiger partial charge >= 0.3 is 0 Å². The fraction of sp³-hybridized carbons (Fsp3) is 0.444. The van der Waals surface area contributed by atoms with Gasteiger partial charge in [-0.25, -0.2) is 4.68 Å². The predicted octanol–water partition coefficient (Wildman–Crippen LogP) is 1.67. The van der Waals surface area contributed by atoms with E-state index in [1.807, 2.05) is 38.2 Å². The second-order valence-electron chi connectivity index (χ2n) is 9.93. The van der Waals surface area contributed by atoms with Crippen LogP contribution < -0.4 is 14.8 Å². The van der Waals surface area contributed by atoms with Gasteiger partial charge in [0.2, 0.25) is 5.91 Å². The number of aliphatic hydroxyl groups excluding tert-OH is 1. The number of hydrogen-bond donors (Lipinski definition) is 2. The van der Waals surface area contributed by atoms with Crippen LogP contribution in [0.15, 0.2) is 48.8 Å². The number of anilines is 1. The maximum Gasteiger partial charge on any atom is 0.258 e. The Labute approximate surface area is 227 Å². The van der Waals surface area contributed by atoms with E-state index in [0.29, 0.717) is 36.6 Å². The highest BCUT2D eigenvalue weighted by Crippen LogP contribution is 2.31. The number of ether oxygens (including phenoxy) is 2. The highest BCUT2D eigenvalue weighted by molar-refractivity contribution is 5.99. The molecular formula is C27H35N7O5. The van der Waals surface area contributed by atoms with Crippen LogP contribution in [0.3, 0.4) is 0 Å². The molecule has 0 aliphatic carbocycles. The van der Waals surface area contributed by atoms with Crippen molar-refractivity contribution >= 4 is 17.5 Å². The fourth-order valence-electron chi connectivity index (χ4n) is 4.53. The first-order valence-corrected chi connectivity index (χ1v) is 12.8. The molecule has 4 rings (SSSR count). The van der Waals surface area contributed by atoms with Crippen LogP contribution in [0.4, 0.5) is 5.69 Å². The molecule has 12 nitrogen and oxygen atoms in total. The van der Waals surface area contributed by atoms with E-state index in [-0.39, 0.29) is 43.0 Å². The number of rotatable bonds is 10. The van der Waals surface area contributed by atoms with Crippen molar-refractivity contribution in [1.82, 2.24) is 30.0 Å². The molecule has 2 N–H and O–H groups in total. The normalized spacial score (nSPS) is 18.1. The molecule has 3 aromatic rings. The van der Waals surface area contributed by atoms with Gasteiger partial charge in [-0.3, -0.25) is 14.5 Å². The predicted molar refractivity (Wildman–Crippen MR) is 143 cm³/mol. The number of likely N-dealkylation sites (N-methyl/N-ethyl adjacent to an activating group) is 1.